The number of hydrazine groups is 1. The minimum Gasteiger partial charge on any atom is -0.364 e. The molecule has 10 heteroatoms. The summed E-state index contributed by atoms with van der Waals surface area (Å²) < 4.78 is 0. The molecule has 0 saturated heterocycles. The molecule has 0 fully saturated rings. The van der Waals surface area contributed by atoms with E-state index in [1.54, 1.807) is 11.5 Å². The van der Waals surface area contributed by atoms with Crippen molar-refractivity contribution in [2.24, 2.45) is 15.9 Å². The number of nitrogens with zero attached hydrogens (tertiary/aromatic N) is 4. The number of benzene rings is 1. The van der Waals surface area contributed by atoms with Gasteiger partial charge in [0.05, 0.1) is 11.1 Å². The SMILES string of the molecule is N/C(=N\N=C\c1cccc([N+](=O)[O-])c1)N[N+](=O)O. The van der Waals surface area contributed by atoms with Gasteiger partial charge in [0.2, 0.25) is 0 Å². The van der Waals surface area contributed by atoms with Crippen LogP contribution in [0.1, 0.15) is 5.56 Å². The van der Waals surface area contributed by atoms with E-state index >= 15 is 0 Å². The van der Waals surface area contributed by atoms with Crippen molar-refractivity contribution in [3.63, 3.8) is 0 Å². The smallest absolute Gasteiger partial charge is 0.362 e. The summed E-state index contributed by atoms with van der Waals surface area (Å²) in [4.78, 5) is 20.0. The van der Waals surface area contributed by atoms with Gasteiger partial charge in [-0.2, -0.15) is 5.10 Å². The summed E-state index contributed by atoms with van der Waals surface area (Å²) in [6.45, 7) is 0. The Hall–Kier alpha value is -3.04. The number of nitrogens with one attached hydrogen (secondary N) is 1. The van der Waals surface area contributed by atoms with Gasteiger partial charge >= 0.3 is 5.03 Å². The third-order valence-electron chi connectivity index (χ3n) is 1.66. The van der Waals surface area contributed by atoms with Gasteiger partial charge in [-0.3, -0.25) is 10.1 Å². The summed E-state index contributed by atoms with van der Waals surface area (Å²) >= 11 is 0. The second-order valence-electron chi connectivity index (χ2n) is 2.97. The minimum atomic E-state index is -0.637. The van der Waals surface area contributed by atoms with E-state index in [0.717, 1.165) is 0 Å². The number of non-ortho nitro benzene ring substituents is 1. The number of nitrogens with two attached hydrogens (primary N) is 1. The summed E-state index contributed by atoms with van der Waals surface area (Å²) in [6, 6.07) is 5.67. The van der Waals surface area contributed by atoms with Crippen LogP contribution in [0.25, 0.3) is 0 Å². The van der Waals surface area contributed by atoms with Crippen molar-refractivity contribution in [3.8, 4) is 0 Å². The van der Waals surface area contributed by atoms with Crippen LogP contribution in [-0.4, -0.2) is 27.3 Å². The molecule has 1 rings (SSSR count). The van der Waals surface area contributed by atoms with E-state index in [4.69, 9.17) is 10.9 Å². The highest BCUT2D eigenvalue weighted by Crippen LogP contribution is 2.11. The Bertz CT molecular complexity index is 526. The van der Waals surface area contributed by atoms with Crippen molar-refractivity contribution in [3.05, 3.63) is 44.9 Å². The Kier molecular flexibility index (Phi) is 4.26. The lowest BCUT2D eigenvalue weighted by Gasteiger charge is -1.92. The Morgan fingerprint density at radius 3 is 2.83 bits per heavy atom. The molecule has 0 aliphatic rings. The van der Waals surface area contributed by atoms with Crippen LogP contribution < -0.4 is 11.2 Å². The van der Waals surface area contributed by atoms with Crippen LogP contribution in [0.4, 0.5) is 5.69 Å². The molecule has 1 aromatic carbocycles. The molecular weight excluding hydrogens is 244 g/mol. The maximum Gasteiger partial charge on any atom is 0.362 e. The third kappa shape index (κ3) is 4.22. The topological polar surface area (TPSA) is 146 Å². The van der Waals surface area contributed by atoms with E-state index < -0.39 is 15.9 Å². The number of nitro benzene ring substituents is 1. The first-order valence-electron chi connectivity index (χ1n) is 4.53. The molecular formula is C8H9N6O4+. The fraction of sp³-hybridized carbons (Fsp3) is 0. The molecule has 0 amide bonds. The van der Waals surface area contributed by atoms with Crippen LogP contribution in [0.15, 0.2) is 34.5 Å². The number of hydrogen-bond donors (Lipinski definition) is 3. The maximum absolute atomic E-state index is 10.5. The molecule has 0 radical (unpaired) electrons. The van der Waals surface area contributed by atoms with Gasteiger partial charge in [0.15, 0.2) is 0 Å². The summed E-state index contributed by atoms with van der Waals surface area (Å²) in [5.41, 5.74) is 7.18. The first-order chi connectivity index (χ1) is 8.49. The van der Waals surface area contributed by atoms with Crippen molar-refractivity contribution in [2.75, 3.05) is 0 Å². The maximum atomic E-state index is 10.5. The van der Waals surface area contributed by atoms with Crippen LogP contribution in [0.3, 0.4) is 0 Å². The summed E-state index contributed by atoms with van der Waals surface area (Å²) in [7, 11) is 0. The first-order valence-corrected chi connectivity index (χ1v) is 4.53. The van der Waals surface area contributed by atoms with E-state index in [-0.39, 0.29) is 5.69 Å². The lowest BCUT2D eigenvalue weighted by Crippen LogP contribution is -2.36. The average molecular weight is 253 g/mol. The molecule has 0 atom stereocenters. The second kappa shape index (κ2) is 5.89. The van der Waals surface area contributed by atoms with Crippen molar-refractivity contribution in [2.45, 2.75) is 0 Å². The highest BCUT2D eigenvalue weighted by Gasteiger charge is 2.05. The molecule has 0 aromatic heterocycles. The molecule has 0 spiro atoms. The summed E-state index contributed by atoms with van der Waals surface area (Å²) in [5, 5.41) is 24.9. The molecule has 0 heterocycles. The van der Waals surface area contributed by atoms with Crippen molar-refractivity contribution in [1.29, 1.82) is 0 Å². The van der Waals surface area contributed by atoms with Crippen LogP contribution in [0.2, 0.25) is 0 Å². The normalized spacial score (nSPS) is 11.4. The van der Waals surface area contributed by atoms with Crippen molar-refractivity contribution in [1.82, 2.24) is 5.43 Å². The third-order valence-corrected chi connectivity index (χ3v) is 1.66. The molecule has 0 bridgehead atoms. The zero-order valence-electron chi connectivity index (χ0n) is 8.92. The fourth-order valence-electron chi connectivity index (χ4n) is 0.997. The second-order valence-corrected chi connectivity index (χ2v) is 2.97. The molecule has 18 heavy (non-hydrogen) atoms. The number of nitro groups is 1. The van der Waals surface area contributed by atoms with Gasteiger partial charge in [-0.05, 0) is 5.43 Å². The number of hydrogen-bond acceptors (Lipinski definition) is 5. The van der Waals surface area contributed by atoms with E-state index in [1.165, 1.54) is 24.4 Å². The van der Waals surface area contributed by atoms with Gasteiger partial charge in [0.25, 0.3) is 11.6 Å². The first kappa shape index (κ1) is 13.0. The Balaban J connectivity index is 2.75. The van der Waals surface area contributed by atoms with Gasteiger partial charge in [0, 0.05) is 17.7 Å². The molecule has 0 saturated carbocycles. The lowest BCUT2D eigenvalue weighted by atomic mass is 10.2. The molecule has 0 aliphatic heterocycles. The molecule has 0 unspecified atom stereocenters. The fourth-order valence-corrected chi connectivity index (χ4v) is 0.997. The lowest BCUT2D eigenvalue weighted by molar-refractivity contribution is -0.822. The van der Waals surface area contributed by atoms with Crippen LogP contribution >= 0.6 is 0 Å². The van der Waals surface area contributed by atoms with E-state index in [1.807, 2.05) is 0 Å². The van der Waals surface area contributed by atoms with E-state index in [2.05, 4.69) is 10.2 Å². The number of rotatable bonds is 4. The van der Waals surface area contributed by atoms with Crippen LogP contribution in [0, 0.1) is 15.0 Å². The standard InChI is InChI=1S/C8H9N6O4/c9-8(12-14(17)18)11-10-5-6-2-1-3-7(4-6)13(15)16/h1-5H,(H,17,18)(H3,9,11,12)/q+1/b10-5+. The number of guanidine groups is 1. The Labute approximate surface area is 100 Å². The zero-order chi connectivity index (χ0) is 13.5. The van der Waals surface area contributed by atoms with E-state index in [9.17, 15) is 15.0 Å². The van der Waals surface area contributed by atoms with Gasteiger partial charge in [-0.1, -0.05) is 12.1 Å². The largest absolute Gasteiger partial charge is 0.364 e. The quantitative estimate of drug-likeness (QED) is 0.296. The minimum absolute atomic E-state index is 0.0879. The average Bonchev–Trinajstić information content (AvgIpc) is 2.28. The highest BCUT2D eigenvalue weighted by atomic mass is 16.7. The summed E-state index contributed by atoms with van der Waals surface area (Å²) in [6.07, 6.45) is 1.20. The van der Waals surface area contributed by atoms with Gasteiger partial charge < -0.3 is 5.73 Å². The molecule has 0 aliphatic carbocycles. The van der Waals surface area contributed by atoms with Crippen molar-refractivity contribution >= 4 is 17.9 Å². The molecule has 94 valence electrons. The van der Waals surface area contributed by atoms with E-state index in [0.29, 0.717) is 5.56 Å². The predicted molar refractivity (Wildman–Crippen MR) is 60.9 cm³/mol. The predicted octanol–water partition coefficient (Wildman–Crippen LogP) is -0.0839. The summed E-state index contributed by atoms with van der Waals surface area (Å²) in [5.74, 6) is -0.436. The zero-order valence-corrected chi connectivity index (χ0v) is 8.92. The Morgan fingerprint density at radius 1 is 1.50 bits per heavy atom. The van der Waals surface area contributed by atoms with Crippen molar-refractivity contribution < 1.29 is 15.2 Å². The monoisotopic (exact) mass is 253 g/mol. The van der Waals surface area contributed by atoms with Crippen LogP contribution in [-0.2, 0) is 0 Å². The molecule has 4 N–H and O–H groups in total. The molecule has 10 nitrogen and oxygen atoms in total. The molecule has 1 aromatic rings. The van der Waals surface area contributed by atoms with Crippen LogP contribution in [0.5, 0.6) is 0 Å². The highest BCUT2D eigenvalue weighted by molar-refractivity contribution is 5.82. The Morgan fingerprint density at radius 2 is 2.22 bits per heavy atom. The van der Waals surface area contributed by atoms with Gasteiger partial charge in [-0.15, -0.1) is 5.10 Å². The van der Waals surface area contributed by atoms with Gasteiger partial charge in [0.1, 0.15) is 4.91 Å². The van der Waals surface area contributed by atoms with Gasteiger partial charge in [-0.25, -0.2) is 5.21 Å².